The molecule has 0 aliphatic heterocycles. The molecule has 17 heteroatoms. The molecule has 36 heavy (non-hydrogen) atoms. The molecule has 0 bridgehead atoms. The van der Waals surface area contributed by atoms with Crippen molar-refractivity contribution in [2.75, 3.05) is 92.6 Å². The number of aliphatic hydroxyl groups is 1. The lowest BCUT2D eigenvalue weighted by Crippen LogP contribution is -2.03. The van der Waals surface area contributed by atoms with Gasteiger partial charge >= 0.3 is 0 Å². The molecule has 0 aromatic carbocycles. The normalized spacial score (nSPS) is 13.2. The molecule has 0 radical (unpaired) electrons. The van der Waals surface area contributed by atoms with E-state index in [2.05, 4.69) is 6.92 Å². The van der Waals surface area contributed by atoms with E-state index in [4.69, 9.17) is 5.11 Å². The largest absolute Gasteiger partial charge is 0.396 e. The van der Waals surface area contributed by atoms with Crippen molar-refractivity contribution in [3.05, 3.63) is 0 Å². The summed E-state index contributed by atoms with van der Waals surface area (Å²) >= 11 is 19.5. The minimum atomic E-state index is -0.781. The van der Waals surface area contributed by atoms with Crippen LogP contribution in [0, 0.1) is 0 Å². The molecule has 1 N–H and O–H groups in total. The van der Waals surface area contributed by atoms with Gasteiger partial charge < -0.3 is 5.11 Å². The van der Waals surface area contributed by atoms with Crippen LogP contribution in [-0.4, -0.2) is 111 Å². The highest BCUT2D eigenvalue weighted by atomic mass is 32.3. The van der Waals surface area contributed by atoms with Crippen LogP contribution in [0.1, 0.15) is 6.92 Å². The van der Waals surface area contributed by atoms with Crippen LogP contribution in [0.4, 0.5) is 0 Å². The third kappa shape index (κ3) is 32.3. The number of rotatable bonds is 29. The first-order valence-electron chi connectivity index (χ1n) is 10.8. The highest BCUT2D eigenvalue weighted by molar-refractivity contribution is 8.31. The fourth-order valence-electron chi connectivity index (χ4n) is 1.77. The molecular formula is C19H38O4S13. The summed E-state index contributed by atoms with van der Waals surface area (Å²) in [5.41, 5.74) is 0. The van der Waals surface area contributed by atoms with Crippen LogP contribution >= 0.6 is 129 Å². The van der Waals surface area contributed by atoms with Gasteiger partial charge in [0.05, 0.1) is 22.5 Å². The third-order valence-corrected chi connectivity index (χ3v) is 20.7. The minimum Gasteiger partial charge on any atom is -0.396 e. The van der Waals surface area contributed by atoms with Gasteiger partial charge in [-0.3, -0.25) is 13.2 Å². The Balaban J connectivity index is 3.27. The van der Waals surface area contributed by atoms with Crippen molar-refractivity contribution < 1.29 is 18.3 Å². The minimum absolute atomic E-state index is 0.153. The summed E-state index contributed by atoms with van der Waals surface area (Å²) in [5.74, 6) is 5.80. The zero-order valence-corrected chi connectivity index (χ0v) is 31.1. The van der Waals surface area contributed by atoms with Gasteiger partial charge in [-0.05, 0) is 5.75 Å². The number of hydrogen-bond acceptors (Lipinski definition) is 15. The fourth-order valence-corrected chi connectivity index (χ4v) is 18.1. The van der Waals surface area contributed by atoms with E-state index < -0.39 is 21.6 Å². The first-order valence-corrected chi connectivity index (χ1v) is 26.3. The van der Waals surface area contributed by atoms with Crippen molar-refractivity contribution in [2.45, 2.75) is 6.92 Å². The molecular weight excluding hydrogens is 709 g/mol. The summed E-state index contributed by atoms with van der Waals surface area (Å²) in [5, 5.41) is 17.2. The quantitative estimate of drug-likeness (QED) is 0.0652. The van der Waals surface area contributed by atoms with Gasteiger partial charge in [-0.2, -0.15) is 23.5 Å². The number of carbonyl (C=O) groups is 1. The van der Waals surface area contributed by atoms with E-state index in [1.807, 2.05) is 82.3 Å². The van der Waals surface area contributed by atoms with Crippen LogP contribution in [-0.2, 0) is 26.4 Å². The SMILES string of the molecule is CCSCCS(=O)CSCSCSCSCSC(=O)CSCSCSCSCCS(=O)CSCCO. The Bertz CT molecular complexity index is 501. The van der Waals surface area contributed by atoms with Gasteiger partial charge in [0.1, 0.15) is 0 Å². The lowest BCUT2D eigenvalue weighted by Gasteiger charge is -2.04. The standard InChI is InChI=1S/C19H38O4S13/c1-2-24-5-7-36(23)18-33-15-31-13-30-14-32-16-34-19(21)9-27-11-29-12-28-10-25-6-8-35(22)17-26-4-3-20/h20H,2-18H2,1H3. The van der Waals surface area contributed by atoms with Crippen LogP contribution in [0.15, 0.2) is 0 Å². The first kappa shape index (κ1) is 39.8. The van der Waals surface area contributed by atoms with E-state index in [1.54, 1.807) is 35.3 Å². The molecule has 0 saturated heterocycles. The number of hydrogen-bond donors (Lipinski definition) is 1. The monoisotopic (exact) mass is 746 g/mol. The van der Waals surface area contributed by atoms with Crippen molar-refractivity contribution in [1.29, 1.82) is 0 Å². The fraction of sp³-hybridized carbons (Fsp3) is 0.947. The Kier molecular flexibility index (Phi) is 36.8. The molecule has 0 fully saturated rings. The lowest BCUT2D eigenvalue weighted by atomic mass is 10.9. The van der Waals surface area contributed by atoms with Gasteiger partial charge in [0.25, 0.3) is 0 Å². The van der Waals surface area contributed by atoms with E-state index in [9.17, 15) is 13.2 Å². The van der Waals surface area contributed by atoms with Crippen LogP contribution in [0.3, 0.4) is 0 Å². The topological polar surface area (TPSA) is 71.4 Å². The summed E-state index contributed by atoms with van der Waals surface area (Å²) in [6.45, 7) is 2.29. The zero-order chi connectivity index (χ0) is 26.5. The summed E-state index contributed by atoms with van der Waals surface area (Å²) in [7, 11) is -1.46. The third-order valence-electron chi connectivity index (χ3n) is 3.30. The summed E-state index contributed by atoms with van der Waals surface area (Å²) in [6, 6.07) is 0. The molecule has 0 saturated carbocycles. The maximum absolute atomic E-state index is 12.0. The van der Waals surface area contributed by atoms with Gasteiger partial charge in [0.2, 0.25) is 0 Å². The predicted molar refractivity (Wildman–Crippen MR) is 195 cm³/mol. The van der Waals surface area contributed by atoms with Crippen LogP contribution < -0.4 is 0 Å². The molecule has 2 unspecified atom stereocenters. The summed E-state index contributed by atoms with van der Waals surface area (Å²) in [6.07, 6.45) is 0. The van der Waals surface area contributed by atoms with Crippen LogP contribution in [0.2, 0.25) is 0 Å². The maximum Gasteiger partial charge on any atom is 0.199 e. The van der Waals surface area contributed by atoms with Gasteiger partial charge in [-0.1, -0.05) is 18.7 Å². The molecule has 216 valence electrons. The Morgan fingerprint density at radius 3 is 1.72 bits per heavy atom. The van der Waals surface area contributed by atoms with Gasteiger partial charge in [0, 0.05) is 86.0 Å². The Morgan fingerprint density at radius 2 is 1.11 bits per heavy atom. The van der Waals surface area contributed by atoms with Crippen LogP contribution in [0.5, 0.6) is 0 Å². The first-order chi connectivity index (χ1) is 17.6. The molecule has 4 nitrogen and oxygen atoms in total. The van der Waals surface area contributed by atoms with E-state index >= 15 is 0 Å². The highest BCUT2D eigenvalue weighted by Gasteiger charge is 2.04. The van der Waals surface area contributed by atoms with Gasteiger partial charge in [-0.25, -0.2) is 0 Å². The smallest absolute Gasteiger partial charge is 0.199 e. The van der Waals surface area contributed by atoms with Crippen molar-refractivity contribution >= 4 is 156 Å². The Hall–Kier alpha value is 3.78. The van der Waals surface area contributed by atoms with E-state index in [0.717, 1.165) is 69.4 Å². The molecule has 0 aliphatic rings. The number of carbonyl (C=O) groups excluding carboxylic acids is 1. The molecule has 0 rings (SSSR count). The summed E-state index contributed by atoms with van der Waals surface area (Å²) in [4.78, 5) is 12.0. The summed E-state index contributed by atoms with van der Waals surface area (Å²) < 4.78 is 23.5. The highest BCUT2D eigenvalue weighted by Crippen LogP contribution is 2.25. The Labute approximate surface area is 270 Å². The predicted octanol–water partition coefficient (Wildman–Crippen LogP) is 6.71. The molecule has 0 aromatic heterocycles. The van der Waals surface area contributed by atoms with Crippen LogP contribution in [0.25, 0.3) is 0 Å². The molecule has 0 heterocycles. The van der Waals surface area contributed by atoms with E-state index in [-0.39, 0.29) is 11.7 Å². The average Bonchev–Trinajstić information content (AvgIpc) is 2.86. The maximum atomic E-state index is 12.0. The number of thioether (sulfide) groups is 11. The average molecular weight is 747 g/mol. The Morgan fingerprint density at radius 1 is 0.611 bits per heavy atom. The van der Waals surface area contributed by atoms with Crippen molar-refractivity contribution in [3.8, 4) is 0 Å². The second-order valence-corrected chi connectivity index (χ2v) is 24.2. The second kappa shape index (κ2) is 33.3. The van der Waals surface area contributed by atoms with Gasteiger partial charge in [0.15, 0.2) is 5.12 Å². The molecule has 0 amide bonds. The lowest BCUT2D eigenvalue weighted by molar-refractivity contribution is -0.108. The molecule has 2 atom stereocenters. The second-order valence-electron chi connectivity index (χ2n) is 6.18. The van der Waals surface area contributed by atoms with Gasteiger partial charge in [-0.15, -0.1) is 94.1 Å². The molecule has 0 spiro atoms. The molecule has 0 aromatic rings. The van der Waals surface area contributed by atoms with E-state index in [1.165, 1.54) is 11.8 Å². The van der Waals surface area contributed by atoms with Crippen molar-refractivity contribution in [1.82, 2.24) is 0 Å². The van der Waals surface area contributed by atoms with E-state index in [0.29, 0.717) is 16.6 Å². The molecule has 0 aliphatic carbocycles. The zero-order valence-electron chi connectivity index (χ0n) is 20.5. The number of aliphatic hydroxyl groups excluding tert-OH is 1. The van der Waals surface area contributed by atoms with Crippen molar-refractivity contribution in [3.63, 3.8) is 0 Å². The van der Waals surface area contributed by atoms with Crippen molar-refractivity contribution in [2.24, 2.45) is 0 Å².